The van der Waals surface area contributed by atoms with Crippen molar-refractivity contribution < 1.29 is 9.21 Å². The minimum absolute atomic E-state index is 0.0742. The van der Waals surface area contributed by atoms with Gasteiger partial charge >= 0.3 is 0 Å². The highest BCUT2D eigenvalue weighted by Crippen LogP contribution is 2.28. The third kappa shape index (κ3) is 4.09. The average molecular weight is 373 g/mol. The number of aryl methyl sites for hydroxylation is 1. The summed E-state index contributed by atoms with van der Waals surface area (Å²) in [5, 5.41) is 0.959. The lowest BCUT2D eigenvalue weighted by Crippen LogP contribution is -2.20. The molecule has 0 saturated heterocycles. The lowest BCUT2D eigenvalue weighted by Gasteiger charge is -2.13. The van der Waals surface area contributed by atoms with Crippen molar-refractivity contribution in [2.45, 2.75) is 64.7 Å². The van der Waals surface area contributed by atoms with E-state index in [1.165, 1.54) is 32.1 Å². The second kappa shape index (κ2) is 8.68. The Bertz CT molecular complexity index is 892. The maximum absolute atomic E-state index is 13.0. The Kier molecular flexibility index (Phi) is 6.31. The summed E-state index contributed by atoms with van der Waals surface area (Å²) < 4.78 is 5.84. The largest absolute Gasteiger partial charge is 0.456 e. The minimum atomic E-state index is -0.256. The van der Waals surface area contributed by atoms with Crippen LogP contribution in [0.4, 0.5) is 0 Å². The molecule has 1 heterocycles. The van der Waals surface area contributed by atoms with Crippen molar-refractivity contribution in [1.82, 2.24) is 0 Å². The second-order valence-corrected chi connectivity index (χ2v) is 7.51. The molecule has 0 radical (unpaired) electrons. The van der Waals surface area contributed by atoms with Crippen LogP contribution in [-0.2, 0) is 6.42 Å². The van der Waals surface area contributed by atoms with Crippen LogP contribution < -0.4 is 5.43 Å². The number of rotatable bonds is 8. The fourth-order valence-electron chi connectivity index (χ4n) is 3.61. The average Bonchev–Trinajstić information content (AvgIpc) is 2.60. The van der Waals surface area contributed by atoms with E-state index in [9.17, 15) is 9.59 Å². The Balaban J connectivity index is 1.81. The van der Waals surface area contributed by atoms with E-state index in [0.29, 0.717) is 16.0 Å². The molecule has 4 heteroatoms. The number of carbonyl (C=O) groups excluding carboxylic acids is 1. The van der Waals surface area contributed by atoms with Crippen molar-refractivity contribution in [3.8, 4) is 0 Å². The topological polar surface area (TPSA) is 47.3 Å². The molecule has 1 aliphatic rings. The lowest BCUT2D eigenvalue weighted by molar-refractivity contribution is 0.0990. The van der Waals surface area contributed by atoms with Gasteiger partial charge in [-0.1, -0.05) is 69.2 Å². The molecule has 0 amide bonds. The highest BCUT2D eigenvalue weighted by atomic mass is 35.5. The number of carbonyl (C=O) groups is 1. The maximum atomic E-state index is 13.0. The molecule has 0 fully saturated rings. The first-order valence-electron chi connectivity index (χ1n) is 9.59. The first-order chi connectivity index (χ1) is 12.6. The zero-order valence-corrected chi connectivity index (χ0v) is 16.0. The Labute approximate surface area is 159 Å². The molecule has 0 aliphatic heterocycles. The number of fused-ring (bicyclic) bond motifs is 2. The van der Waals surface area contributed by atoms with Crippen LogP contribution in [-0.4, -0.2) is 5.78 Å². The summed E-state index contributed by atoms with van der Waals surface area (Å²) in [4.78, 5) is 25.2. The standard InChI is InChI=1S/C22H25ClO3/c1-2-3-4-5-6-7-8-10-15-11-9-12-18-20(15)22(25)21-17(24)13-16(23)14-19(21)26-18/h9,11-12,14H,2-8,10,13H2,1H3. The van der Waals surface area contributed by atoms with Gasteiger partial charge in [-0.25, -0.2) is 0 Å². The molecule has 26 heavy (non-hydrogen) atoms. The highest BCUT2D eigenvalue weighted by Gasteiger charge is 2.25. The highest BCUT2D eigenvalue weighted by molar-refractivity contribution is 6.34. The van der Waals surface area contributed by atoms with Crippen LogP contribution in [0.5, 0.6) is 0 Å². The number of benzene rings is 1. The monoisotopic (exact) mass is 372 g/mol. The Morgan fingerprint density at radius 3 is 2.54 bits per heavy atom. The predicted octanol–water partition coefficient (Wildman–Crippen LogP) is 6.25. The van der Waals surface area contributed by atoms with Gasteiger partial charge in [0.1, 0.15) is 16.9 Å². The summed E-state index contributed by atoms with van der Waals surface area (Å²) in [5.74, 6) is 0.0331. The molecule has 1 aliphatic carbocycles. The summed E-state index contributed by atoms with van der Waals surface area (Å²) >= 11 is 5.98. The van der Waals surface area contributed by atoms with Gasteiger partial charge in [0, 0.05) is 11.5 Å². The molecule has 0 atom stereocenters. The fraction of sp³-hybridized carbons (Fsp3) is 0.455. The number of allylic oxidation sites excluding steroid dienone is 1. The van der Waals surface area contributed by atoms with E-state index in [1.54, 1.807) is 12.1 Å². The van der Waals surface area contributed by atoms with E-state index < -0.39 is 0 Å². The summed E-state index contributed by atoms with van der Waals surface area (Å²) in [6.07, 6.45) is 11.1. The van der Waals surface area contributed by atoms with Crippen molar-refractivity contribution in [1.29, 1.82) is 0 Å². The molecule has 0 spiro atoms. The van der Waals surface area contributed by atoms with Crippen LogP contribution in [0.3, 0.4) is 0 Å². The van der Waals surface area contributed by atoms with E-state index in [1.807, 2.05) is 12.1 Å². The summed E-state index contributed by atoms with van der Waals surface area (Å²) in [6, 6.07) is 5.66. The molecule has 3 nitrogen and oxygen atoms in total. The van der Waals surface area contributed by atoms with Crippen molar-refractivity contribution in [2.75, 3.05) is 0 Å². The van der Waals surface area contributed by atoms with Gasteiger partial charge in [0.25, 0.3) is 0 Å². The van der Waals surface area contributed by atoms with Gasteiger partial charge in [0.2, 0.25) is 5.43 Å². The zero-order chi connectivity index (χ0) is 18.5. The molecular weight excluding hydrogens is 348 g/mol. The third-order valence-electron chi connectivity index (χ3n) is 4.98. The number of hydrogen-bond acceptors (Lipinski definition) is 3. The molecule has 138 valence electrons. The smallest absolute Gasteiger partial charge is 0.204 e. The van der Waals surface area contributed by atoms with Crippen LogP contribution >= 0.6 is 11.6 Å². The van der Waals surface area contributed by atoms with Gasteiger partial charge in [0.05, 0.1) is 5.39 Å². The molecule has 3 rings (SSSR count). The molecule has 0 bridgehead atoms. The lowest BCUT2D eigenvalue weighted by atomic mass is 9.96. The van der Waals surface area contributed by atoms with Crippen LogP contribution in [0.2, 0.25) is 0 Å². The summed E-state index contributed by atoms with van der Waals surface area (Å²) in [6.45, 7) is 2.22. The number of hydrogen-bond donors (Lipinski definition) is 0. The minimum Gasteiger partial charge on any atom is -0.456 e. The van der Waals surface area contributed by atoms with Crippen molar-refractivity contribution >= 4 is 34.4 Å². The molecular formula is C22H25ClO3. The molecule has 0 saturated carbocycles. The van der Waals surface area contributed by atoms with Gasteiger partial charge < -0.3 is 4.42 Å². The molecule has 1 aromatic heterocycles. The molecule has 2 aromatic rings. The zero-order valence-electron chi connectivity index (χ0n) is 15.3. The number of ketones is 1. The molecule has 1 aromatic carbocycles. The van der Waals surface area contributed by atoms with Gasteiger partial charge in [-0.2, -0.15) is 0 Å². The first kappa shape index (κ1) is 18.9. The van der Waals surface area contributed by atoms with E-state index in [4.69, 9.17) is 16.0 Å². The van der Waals surface area contributed by atoms with E-state index in [0.717, 1.165) is 24.8 Å². The van der Waals surface area contributed by atoms with E-state index in [-0.39, 0.29) is 29.0 Å². The SMILES string of the molecule is CCCCCCCCCc1cccc2oc3c(c(=O)c12)C(=O)CC(Cl)=C3. The van der Waals surface area contributed by atoms with Crippen LogP contribution in [0.15, 0.2) is 32.4 Å². The van der Waals surface area contributed by atoms with Gasteiger partial charge in [-0.05, 0) is 30.5 Å². The van der Waals surface area contributed by atoms with Crippen molar-refractivity contribution in [2.24, 2.45) is 0 Å². The summed E-state index contributed by atoms with van der Waals surface area (Å²) in [5.41, 5.74) is 1.43. The predicted molar refractivity (Wildman–Crippen MR) is 107 cm³/mol. The third-order valence-corrected chi connectivity index (χ3v) is 5.22. The summed E-state index contributed by atoms with van der Waals surface area (Å²) in [7, 11) is 0. The van der Waals surface area contributed by atoms with Crippen molar-refractivity contribution in [3.05, 3.63) is 50.3 Å². The fourth-order valence-corrected chi connectivity index (χ4v) is 3.83. The number of unbranched alkanes of at least 4 members (excludes halogenated alkanes) is 6. The maximum Gasteiger partial charge on any atom is 0.204 e. The van der Waals surface area contributed by atoms with Crippen LogP contribution in [0.25, 0.3) is 17.0 Å². The van der Waals surface area contributed by atoms with E-state index >= 15 is 0 Å². The van der Waals surface area contributed by atoms with E-state index in [2.05, 4.69) is 6.92 Å². The van der Waals surface area contributed by atoms with Crippen LogP contribution in [0, 0.1) is 0 Å². The number of Topliss-reactive ketones (excluding diaryl/α,β-unsaturated/α-hetero) is 1. The van der Waals surface area contributed by atoms with Gasteiger partial charge in [-0.15, -0.1) is 0 Å². The second-order valence-electron chi connectivity index (χ2n) is 7.02. The number of halogens is 1. The Morgan fingerprint density at radius 1 is 1.04 bits per heavy atom. The van der Waals surface area contributed by atoms with Gasteiger partial charge in [0.15, 0.2) is 5.78 Å². The first-order valence-corrected chi connectivity index (χ1v) is 9.97. The van der Waals surface area contributed by atoms with Crippen LogP contribution in [0.1, 0.15) is 80.0 Å². The normalized spacial score (nSPS) is 13.8. The molecule has 0 N–H and O–H groups in total. The Hall–Kier alpha value is -1.87. The quantitative estimate of drug-likeness (QED) is 0.514. The van der Waals surface area contributed by atoms with Crippen molar-refractivity contribution in [3.63, 3.8) is 0 Å². The molecule has 0 unspecified atom stereocenters. The Morgan fingerprint density at radius 2 is 1.77 bits per heavy atom. The van der Waals surface area contributed by atoms with Gasteiger partial charge in [-0.3, -0.25) is 9.59 Å².